The maximum Gasteiger partial charge on any atom is 0.187 e. The molecular weight excluding hydrogens is 149 g/mol. The van der Waals surface area contributed by atoms with E-state index in [9.17, 15) is 4.79 Å². The Balaban J connectivity index is 4.18. The summed E-state index contributed by atoms with van der Waals surface area (Å²) in [7, 11) is 1.57. The highest BCUT2D eigenvalue weighted by Crippen LogP contribution is 2.31. The molecule has 0 aliphatic heterocycles. The highest BCUT2D eigenvalue weighted by Gasteiger charge is 2.27. The van der Waals surface area contributed by atoms with E-state index in [-0.39, 0.29) is 11.1 Å². The minimum absolute atomic E-state index is 0.164. The molecule has 0 bridgehead atoms. The van der Waals surface area contributed by atoms with Gasteiger partial charge in [-0.3, -0.25) is 0 Å². The molecule has 0 spiro atoms. The Labute approximate surface area is 75.4 Å². The molecule has 0 radical (unpaired) electrons. The lowest BCUT2D eigenvalue weighted by Gasteiger charge is -2.25. The van der Waals surface area contributed by atoms with Crippen molar-refractivity contribution >= 4 is 13.5 Å². The number of nitrogens with zero attached hydrogens (tertiary/aromatic N) is 1. The number of nitriles is 1. The quantitative estimate of drug-likeness (QED) is 0.585. The van der Waals surface area contributed by atoms with E-state index < -0.39 is 0 Å². The lowest BCUT2D eigenvalue weighted by molar-refractivity contribution is -0.112. The molecule has 0 aliphatic carbocycles. The van der Waals surface area contributed by atoms with E-state index >= 15 is 0 Å². The van der Waals surface area contributed by atoms with Crippen LogP contribution in [0.3, 0.4) is 0 Å². The standard InChI is InChI=1S/C9H16BNO/c1-7(2)9(3,6-11)5-4-8(10)12/h7H,4-5,10H2,1-3H3. The summed E-state index contributed by atoms with van der Waals surface area (Å²) in [5, 5.41) is 8.91. The summed E-state index contributed by atoms with van der Waals surface area (Å²) in [5.74, 6) is 0.307. The van der Waals surface area contributed by atoms with Gasteiger partial charge in [-0.25, -0.2) is 0 Å². The lowest BCUT2D eigenvalue weighted by atomic mass is 9.75. The third-order valence-electron chi connectivity index (χ3n) is 2.53. The van der Waals surface area contributed by atoms with Crippen LogP contribution < -0.4 is 0 Å². The van der Waals surface area contributed by atoms with Crippen LogP contribution in [0.15, 0.2) is 0 Å². The molecule has 0 aliphatic rings. The first kappa shape index (κ1) is 11.2. The Morgan fingerprint density at radius 3 is 2.42 bits per heavy atom. The fourth-order valence-electron chi connectivity index (χ4n) is 0.909. The van der Waals surface area contributed by atoms with Gasteiger partial charge >= 0.3 is 0 Å². The van der Waals surface area contributed by atoms with E-state index in [0.717, 1.165) is 0 Å². The Morgan fingerprint density at radius 1 is 1.67 bits per heavy atom. The normalized spacial score (nSPS) is 15.2. The van der Waals surface area contributed by atoms with Crippen LogP contribution in [0.2, 0.25) is 0 Å². The number of hydrogen-bond donors (Lipinski definition) is 0. The second-order valence-corrected chi connectivity index (χ2v) is 3.89. The first-order chi connectivity index (χ1) is 5.42. The zero-order valence-electron chi connectivity index (χ0n) is 8.35. The molecule has 66 valence electrons. The molecule has 1 atom stereocenters. The topological polar surface area (TPSA) is 40.9 Å². The molecule has 0 fully saturated rings. The van der Waals surface area contributed by atoms with Crippen LogP contribution in [0.5, 0.6) is 0 Å². The molecule has 0 saturated heterocycles. The predicted molar refractivity (Wildman–Crippen MR) is 51.3 cm³/mol. The number of hydrogen-bond acceptors (Lipinski definition) is 2. The van der Waals surface area contributed by atoms with Gasteiger partial charge in [0.25, 0.3) is 0 Å². The average Bonchev–Trinajstić information content (AvgIpc) is 1.99. The van der Waals surface area contributed by atoms with Gasteiger partial charge in [0.2, 0.25) is 0 Å². The van der Waals surface area contributed by atoms with E-state index in [1.54, 1.807) is 7.85 Å². The summed E-state index contributed by atoms with van der Waals surface area (Å²) in [6.45, 7) is 5.95. The van der Waals surface area contributed by atoms with Crippen molar-refractivity contribution in [1.29, 1.82) is 5.26 Å². The summed E-state index contributed by atoms with van der Waals surface area (Å²) in [4.78, 5) is 10.7. The third kappa shape index (κ3) is 3.08. The minimum atomic E-state index is -0.342. The van der Waals surface area contributed by atoms with Crippen molar-refractivity contribution in [3.63, 3.8) is 0 Å². The molecule has 0 aromatic rings. The Bertz CT molecular complexity index is 207. The van der Waals surface area contributed by atoms with Crippen LogP contribution in [0, 0.1) is 22.7 Å². The molecule has 0 heterocycles. The molecule has 0 aromatic heterocycles. The largest absolute Gasteiger partial charge is 0.312 e. The Hall–Kier alpha value is -0.775. The molecule has 1 unspecified atom stereocenters. The van der Waals surface area contributed by atoms with Gasteiger partial charge in [0.1, 0.15) is 0 Å². The van der Waals surface area contributed by atoms with Crippen molar-refractivity contribution < 1.29 is 4.79 Å². The number of carbonyl (C=O) groups excluding carboxylic acids is 1. The molecule has 0 amide bonds. The number of rotatable bonds is 4. The van der Waals surface area contributed by atoms with Crippen molar-refractivity contribution in [1.82, 2.24) is 0 Å². The van der Waals surface area contributed by atoms with Gasteiger partial charge < -0.3 is 4.79 Å². The maximum atomic E-state index is 10.7. The highest BCUT2D eigenvalue weighted by atomic mass is 16.1. The first-order valence-corrected chi connectivity index (χ1v) is 4.33. The summed E-state index contributed by atoms with van der Waals surface area (Å²) in [6.07, 6.45) is 1.19. The smallest absolute Gasteiger partial charge is 0.187 e. The summed E-state index contributed by atoms with van der Waals surface area (Å²) in [5.41, 5.74) is -0.178. The van der Waals surface area contributed by atoms with Crippen LogP contribution in [0.25, 0.3) is 0 Å². The number of carbonyl (C=O) groups is 1. The van der Waals surface area contributed by atoms with Crippen LogP contribution >= 0.6 is 0 Å². The zero-order chi connectivity index (χ0) is 9.78. The molecule has 2 nitrogen and oxygen atoms in total. The summed E-state index contributed by atoms with van der Waals surface area (Å²) >= 11 is 0. The van der Waals surface area contributed by atoms with Crippen LogP contribution in [0.1, 0.15) is 33.6 Å². The van der Waals surface area contributed by atoms with E-state index in [0.29, 0.717) is 18.8 Å². The van der Waals surface area contributed by atoms with Gasteiger partial charge in [-0.1, -0.05) is 13.8 Å². The Kier molecular flexibility index (Phi) is 4.02. The second kappa shape index (κ2) is 4.30. The molecule has 3 heteroatoms. The van der Waals surface area contributed by atoms with Crippen LogP contribution in [-0.4, -0.2) is 13.5 Å². The van der Waals surface area contributed by atoms with E-state index in [4.69, 9.17) is 5.26 Å². The fourth-order valence-corrected chi connectivity index (χ4v) is 0.909. The van der Waals surface area contributed by atoms with E-state index in [1.165, 1.54) is 0 Å². The van der Waals surface area contributed by atoms with Gasteiger partial charge in [-0.05, 0) is 25.7 Å². The van der Waals surface area contributed by atoms with Gasteiger partial charge in [-0.15, -0.1) is 0 Å². The summed E-state index contributed by atoms with van der Waals surface area (Å²) < 4.78 is 0. The third-order valence-corrected chi connectivity index (χ3v) is 2.53. The van der Waals surface area contributed by atoms with Crippen molar-refractivity contribution in [2.24, 2.45) is 11.3 Å². The van der Waals surface area contributed by atoms with Gasteiger partial charge in [0, 0.05) is 0 Å². The fraction of sp³-hybridized carbons (Fsp3) is 0.778. The van der Waals surface area contributed by atoms with Crippen molar-refractivity contribution in [3.05, 3.63) is 0 Å². The Morgan fingerprint density at radius 2 is 2.17 bits per heavy atom. The van der Waals surface area contributed by atoms with E-state index in [1.807, 2.05) is 20.8 Å². The molecule has 0 aromatic carbocycles. The highest BCUT2D eigenvalue weighted by molar-refractivity contribution is 6.57. The predicted octanol–water partition coefficient (Wildman–Crippen LogP) is 1.11. The summed E-state index contributed by atoms with van der Waals surface area (Å²) in [6, 6.07) is 2.28. The molecule has 0 N–H and O–H groups in total. The van der Waals surface area contributed by atoms with Crippen molar-refractivity contribution in [2.75, 3.05) is 0 Å². The average molecular weight is 165 g/mol. The monoisotopic (exact) mass is 165 g/mol. The maximum absolute atomic E-state index is 10.7. The van der Waals surface area contributed by atoms with Crippen LogP contribution in [-0.2, 0) is 4.79 Å². The van der Waals surface area contributed by atoms with Gasteiger partial charge in [0.05, 0.1) is 17.2 Å². The second-order valence-electron chi connectivity index (χ2n) is 3.89. The lowest BCUT2D eigenvalue weighted by Crippen LogP contribution is -2.22. The van der Waals surface area contributed by atoms with Gasteiger partial charge in [-0.2, -0.15) is 5.26 Å². The molecule has 0 saturated carbocycles. The van der Waals surface area contributed by atoms with Crippen LogP contribution in [0.4, 0.5) is 0 Å². The van der Waals surface area contributed by atoms with Crippen molar-refractivity contribution in [3.8, 4) is 6.07 Å². The van der Waals surface area contributed by atoms with Gasteiger partial charge in [0.15, 0.2) is 7.85 Å². The minimum Gasteiger partial charge on any atom is -0.312 e. The molecule has 12 heavy (non-hydrogen) atoms. The molecular formula is C9H16BNO. The zero-order valence-corrected chi connectivity index (χ0v) is 8.35. The SMILES string of the molecule is BC(=O)CCC(C)(C#N)C(C)C. The van der Waals surface area contributed by atoms with Crippen molar-refractivity contribution in [2.45, 2.75) is 33.6 Å². The van der Waals surface area contributed by atoms with E-state index in [2.05, 4.69) is 6.07 Å². The first-order valence-electron chi connectivity index (χ1n) is 4.33. The molecule has 0 rings (SSSR count).